The molecule has 3 nitrogen and oxygen atoms in total. The molecule has 1 aromatic carbocycles. The van der Waals surface area contributed by atoms with E-state index in [1.165, 1.54) is 48.3 Å². The molecular formula is C15H19NO2. The molecule has 0 fully saturated rings. The Hall–Kier alpha value is -1.51. The van der Waals surface area contributed by atoms with Crippen LogP contribution in [-0.4, -0.2) is 24.2 Å². The van der Waals surface area contributed by atoms with Gasteiger partial charge < -0.3 is 10.0 Å². The zero-order chi connectivity index (χ0) is 12.5. The Kier molecular flexibility index (Phi) is 2.98. The molecule has 3 rings (SSSR count). The molecule has 0 radical (unpaired) electrons. The van der Waals surface area contributed by atoms with E-state index in [1.54, 1.807) is 0 Å². The van der Waals surface area contributed by atoms with Crippen LogP contribution >= 0.6 is 0 Å². The van der Waals surface area contributed by atoms with Gasteiger partial charge in [0.05, 0.1) is 0 Å². The molecule has 1 N–H and O–H groups in total. The number of anilines is 1. The average molecular weight is 245 g/mol. The first-order valence-corrected chi connectivity index (χ1v) is 6.85. The van der Waals surface area contributed by atoms with Gasteiger partial charge in [0, 0.05) is 25.2 Å². The maximum absolute atomic E-state index is 10.5. The van der Waals surface area contributed by atoms with E-state index < -0.39 is 5.97 Å². The minimum absolute atomic E-state index is 0.276. The van der Waals surface area contributed by atoms with Crippen LogP contribution in [0, 0.1) is 0 Å². The smallest absolute Gasteiger partial charge is 0.303 e. The maximum Gasteiger partial charge on any atom is 0.303 e. The molecule has 0 aliphatic carbocycles. The molecule has 0 saturated carbocycles. The first kappa shape index (κ1) is 11.6. The third kappa shape index (κ3) is 2.09. The van der Waals surface area contributed by atoms with Crippen LogP contribution in [-0.2, 0) is 24.1 Å². The van der Waals surface area contributed by atoms with Gasteiger partial charge in [-0.1, -0.05) is 12.1 Å². The Bertz CT molecular complexity index is 482. The Morgan fingerprint density at radius 2 is 2.00 bits per heavy atom. The lowest BCUT2D eigenvalue weighted by molar-refractivity contribution is -0.137. The van der Waals surface area contributed by atoms with E-state index in [0.717, 1.165) is 19.3 Å². The van der Waals surface area contributed by atoms with Gasteiger partial charge in [-0.05, 0) is 48.8 Å². The summed E-state index contributed by atoms with van der Waals surface area (Å²) >= 11 is 0. The number of nitrogens with zero attached hydrogens (tertiary/aromatic N) is 1. The number of carboxylic acid groups (broad SMARTS) is 1. The van der Waals surface area contributed by atoms with Crippen molar-refractivity contribution < 1.29 is 9.90 Å². The number of benzene rings is 1. The van der Waals surface area contributed by atoms with E-state index in [2.05, 4.69) is 17.0 Å². The fourth-order valence-electron chi connectivity index (χ4n) is 3.26. The number of aliphatic carboxylic acids is 1. The second-order valence-electron chi connectivity index (χ2n) is 5.35. The molecule has 0 amide bonds. The van der Waals surface area contributed by atoms with E-state index in [0.29, 0.717) is 0 Å². The lowest BCUT2D eigenvalue weighted by atomic mass is 9.95. The van der Waals surface area contributed by atoms with Crippen molar-refractivity contribution in [3.05, 3.63) is 28.8 Å². The van der Waals surface area contributed by atoms with Gasteiger partial charge in [-0.2, -0.15) is 0 Å². The van der Waals surface area contributed by atoms with Crippen LogP contribution in [0.3, 0.4) is 0 Å². The summed E-state index contributed by atoms with van der Waals surface area (Å²) in [6.07, 6.45) is 5.52. The fraction of sp³-hybridized carbons (Fsp3) is 0.533. The number of rotatable bonds is 4. The average Bonchev–Trinajstić information content (AvgIpc) is 2.74. The number of hydrogen-bond donors (Lipinski definition) is 1. The van der Waals surface area contributed by atoms with Crippen molar-refractivity contribution >= 4 is 11.7 Å². The van der Waals surface area contributed by atoms with Crippen molar-refractivity contribution in [3.63, 3.8) is 0 Å². The van der Waals surface area contributed by atoms with Crippen molar-refractivity contribution in [1.82, 2.24) is 0 Å². The summed E-state index contributed by atoms with van der Waals surface area (Å²) in [5, 5.41) is 8.68. The number of carboxylic acids is 1. The molecule has 0 unspecified atom stereocenters. The predicted octanol–water partition coefficient (Wildman–Crippen LogP) is 2.40. The predicted molar refractivity (Wildman–Crippen MR) is 71.3 cm³/mol. The second kappa shape index (κ2) is 4.63. The monoisotopic (exact) mass is 245 g/mol. The van der Waals surface area contributed by atoms with Crippen molar-refractivity contribution in [2.45, 2.75) is 38.5 Å². The van der Waals surface area contributed by atoms with Gasteiger partial charge >= 0.3 is 5.97 Å². The first-order valence-electron chi connectivity index (χ1n) is 6.85. The molecular weight excluding hydrogens is 226 g/mol. The van der Waals surface area contributed by atoms with Crippen molar-refractivity contribution in [1.29, 1.82) is 0 Å². The van der Waals surface area contributed by atoms with E-state index in [1.807, 2.05) is 0 Å². The summed E-state index contributed by atoms with van der Waals surface area (Å²) in [6, 6.07) is 4.60. The summed E-state index contributed by atoms with van der Waals surface area (Å²) < 4.78 is 0. The van der Waals surface area contributed by atoms with Gasteiger partial charge in [-0.3, -0.25) is 4.79 Å². The minimum atomic E-state index is -0.691. The summed E-state index contributed by atoms with van der Waals surface area (Å²) in [7, 11) is 0. The lowest BCUT2D eigenvalue weighted by Gasteiger charge is -2.27. The molecule has 1 aromatic rings. The standard InChI is InChI=1S/C15H19NO2/c17-14(18)5-1-3-11-9-12-4-2-7-16-8-6-13(10-11)15(12)16/h9-10H,1-8H2,(H,17,18). The lowest BCUT2D eigenvalue weighted by Crippen LogP contribution is -2.26. The molecule has 2 aliphatic heterocycles. The highest BCUT2D eigenvalue weighted by atomic mass is 16.4. The summed E-state index contributed by atoms with van der Waals surface area (Å²) in [4.78, 5) is 13.1. The highest BCUT2D eigenvalue weighted by Crippen LogP contribution is 2.37. The molecule has 0 saturated heterocycles. The largest absolute Gasteiger partial charge is 0.481 e. The SMILES string of the molecule is O=C(O)CCCc1cc2c3c(c1)CCN3CCC2. The van der Waals surface area contributed by atoms with Gasteiger partial charge in [0.2, 0.25) is 0 Å². The van der Waals surface area contributed by atoms with Gasteiger partial charge in [0.1, 0.15) is 0 Å². The first-order chi connectivity index (χ1) is 8.74. The van der Waals surface area contributed by atoms with Crippen molar-refractivity contribution in [2.75, 3.05) is 18.0 Å². The number of aryl methyl sites for hydroxylation is 2. The van der Waals surface area contributed by atoms with E-state index >= 15 is 0 Å². The molecule has 0 spiro atoms. The molecule has 3 heteroatoms. The molecule has 18 heavy (non-hydrogen) atoms. The Labute approximate surface area is 107 Å². The third-order valence-corrected chi connectivity index (χ3v) is 4.03. The summed E-state index contributed by atoms with van der Waals surface area (Å²) in [6.45, 7) is 2.37. The van der Waals surface area contributed by atoms with Gasteiger partial charge in [-0.25, -0.2) is 0 Å². The second-order valence-corrected chi connectivity index (χ2v) is 5.35. The zero-order valence-corrected chi connectivity index (χ0v) is 10.6. The van der Waals surface area contributed by atoms with Crippen LogP contribution in [0.5, 0.6) is 0 Å². The van der Waals surface area contributed by atoms with Crippen LogP contribution in [0.25, 0.3) is 0 Å². The van der Waals surface area contributed by atoms with Crippen LogP contribution in [0.4, 0.5) is 5.69 Å². The number of carbonyl (C=O) groups is 1. The van der Waals surface area contributed by atoms with E-state index in [4.69, 9.17) is 5.11 Å². The molecule has 0 atom stereocenters. The topological polar surface area (TPSA) is 40.5 Å². The summed E-state index contributed by atoms with van der Waals surface area (Å²) in [5.74, 6) is -0.691. The highest BCUT2D eigenvalue weighted by Gasteiger charge is 2.25. The molecule has 0 aromatic heterocycles. The minimum Gasteiger partial charge on any atom is -0.481 e. The Morgan fingerprint density at radius 1 is 1.22 bits per heavy atom. The molecule has 2 heterocycles. The maximum atomic E-state index is 10.5. The quantitative estimate of drug-likeness (QED) is 0.885. The van der Waals surface area contributed by atoms with E-state index in [-0.39, 0.29) is 6.42 Å². The number of hydrogen-bond acceptors (Lipinski definition) is 2. The highest BCUT2D eigenvalue weighted by molar-refractivity contribution is 5.67. The Morgan fingerprint density at radius 3 is 2.78 bits per heavy atom. The van der Waals surface area contributed by atoms with Crippen LogP contribution in [0.1, 0.15) is 36.0 Å². The van der Waals surface area contributed by atoms with Gasteiger partial charge in [-0.15, -0.1) is 0 Å². The molecule has 96 valence electrons. The zero-order valence-electron chi connectivity index (χ0n) is 10.6. The van der Waals surface area contributed by atoms with Crippen molar-refractivity contribution in [3.8, 4) is 0 Å². The third-order valence-electron chi connectivity index (χ3n) is 4.03. The molecule has 0 bridgehead atoms. The van der Waals surface area contributed by atoms with E-state index in [9.17, 15) is 4.79 Å². The normalized spacial score (nSPS) is 16.8. The summed E-state index contributed by atoms with van der Waals surface area (Å²) in [5.41, 5.74) is 5.79. The van der Waals surface area contributed by atoms with Crippen LogP contribution < -0.4 is 4.90 Å². The fourth-order valence-corrected chi connectivity index (χ4v) is 3.26. The Balaban J connectivity index is 1.79. The van der Waals surface area contributed by atoms with Crippen LogP contribution in [0.15, 0.2) is 12.1 Å². The van der Waals surface area contributed by atoms with Gasteiger partial charge in [0.25, 0.3) is 0 Å². The van der Waals surface area contributed by atoms with Crippen molar-refractivity contribution in [2.24, 2.45) is 0 Å². The van der Waals surface area contributed by atoms with Crippen LogP contribution in [0.2, 0.25) is 0 Å². The molecule has 2 aliphatic rings. The van der Waals surface area contributed by atoms with Gasteiger partial charge in [0.15, 0.2) is 0 Å².